The lowest BCUT2D eigenvalue weighted by Crippen LogP contribution is -2.33. The molecular weight excluding hydrogens is 232 g/mol. The van der Waals surface area contributed by atoms with Gasteiger partial charge in [0.25, 0.3) is 0 Å². The van der Waals surface area contributed by atoms with Gasteiger partial charge in [-0.3, -0.25) is 0 Å². The third kappa shape index (κ3) is 12.7. The van der Waals surface area contributed by atoms with Crippen LogP contribution in [0, 0.1) is 5.92 Å². The molecule has 0 aromatic carbocycles. The third-order valence-electron chi connectivity index (χ3n) is 3.63. The SMILES string of the molecule is CC(C)CCCCN(CCCCNC(C)C)C(C)C. The van der Waals surface area contributed by atoms with E-state index in [9.17, 15) is 0 Å². The third-order valence-corrected chi connectivity index (χ3v) is 3.63. The first-order valence-corrected chi connectivity index (χ1v) is 8.41. The van der Waals surface area contributed by atoms with Gasteiger partial charge in [-0.15, -0.1) is 0 Å². The molecule has 0 radical (unpaired) electrons. The van der Waals surface area contributed by atoms with Gasteiger partial charge >= 0.3 is 0 Å². The van der Waals surface area contributed by atoms with E-state index in [4.69, 9.17) is 0 Å². The van der Waals surface area contributed by atoms with Gasteiger partial charge in [0.05, 0.1) is 0 Å². The van der Waals surface area contributed by atoms with Gasteiger partial charge in [0.15, 0.2) is 0 Å². The summed E-state index contributed by atoms with van der Waals surface area (Å²) in [6, 6.07) is 1.31. The Bertz CT molecular complexity index is 188. The van der Waals surface area contributed by atoms with Crippen LogP contribution in [0.15, 0.2) is 0 Å². The Labute approximate surface area is 122 Å². The molecule has 19 heavy (non-hydrogen) atoms. The quantitative estimate of drug-likeness (QED) is 0.532. The molecule has 0 heterocycles. The van der Waals surface area contributed by atoms with Crippen molar-refractivity contribution >= 4 is 0 Å². The fourth-order valence-electron chi connectivity index (χ4n) is 2.33. The highest BCUT2D eigenvalue weighted by Crippen LogP contribution is 2.09. The fourth-order valence-corrected chi connectivity index (χ4v) is 2.33. The van der Waals surface area contributed by atoms with E-state index in [-0.39, 0.29) is 0 Å². The van der Waals surface area contributed by atoms with Gasteiger partial charge in [-0.05, 0) is 58.7 Å². The summed E-state index contributed by atoms with van der Waals surface area (Å²) in [6.07, 6.45) is 6.75. The lowest BCUT2D eigenvalue weighted by atomic mass is 10.1. The van der Waals surface area contributed by atoms with Crippen molar-refractivity contribution in [1.82, 2.24) is 10.2 Å². The Morgan fingerprint density at radius 2 is 1.37 bits per heavy atom. The highest BCUT2D eigenvalue weighted by atomic mass is 15.1. The summed E-state index contributed by atoms with van der Waals surface area (Å²) in [5, 5.41) is 3.49. The van der Waals surface area contributed by atoms with E-state index in [2.05, 4.69) is 51.8 Å². The van der Waals surface area contributed by atoms with Crippen molar-refractivity contribution in [3.63, 3.8) is 0 Å². The van der Waals surface area contributed by atoms with Crippen molar-refractivity contribution in [2.24, 2.45) is 5.92 Å². The Kier molecular flexibility index (Phi) is 11.7. The Morgan fingerprint density at radius 1 is 0.789 bits per heavy atom. The molecule has 0 aliphatic rings. The second kappa shape index (κ2) is 11.7. The molecule has 2 nitrogen and oxygen atoms in total. The van der Waals surface area contributed by atoms with Gasteiger partial charge in [-0.1, -0.05) is 40.5 Å². The molecule has 0 fully saturated rings. The molecule has 0 aromatic heterocycles. The van der Waals surface area contributed by atoms with Gasteiger partial charge in [0, 0.05) is 12.1 Å². The molecule has 0 aliphatic heterocycles. The maximum Gasteiger partial charge on any atom is 0.00385 e. The van der Waals surface area contributed by atoms with E-state index >= 15 is 0 Å². The van der Waals surface area contributed by atoms with E-state index in [1.807, 2.05) is 0 Å². The van der Waals surface area contributed by atoms with Crippen molar-refractivity contribution < 1.29 is 0 Å². The molecule has 0 unspecified atom stereocenters. The number of hydrogen-bond donors (Lipinski definition) is 1. The minimum Gasteiger partial charge on any atom is -0.315 e. The van der Waals surface area contributed by atoms with Crippen LogP contribution in [-0.2, 0) is 0 Å². The van der Waals surface area contributed by atoms with Crippen LogP contribution in [0.1, 0.15) is 73.6 Å². The highest BCUT2D eigenvalue weighted by Gasteiger charge is 2.08. The van der Waals surface area contributed by atoms with Crippen LogP contribution in [0.4, 0.5) is 0 Å². The number of nitrogens with zero attached hydrogens (tertiary/aromatic N) is 1. The van der Waals surface area contributed by atoms with Crippen LogP contribution in [0.3, 0.4) is 0 Å². The molecule has 0 aromatic rings. The summed E-state index contributed by atoms with van der Waals surface area (Å²) in [5.74, 6) is 0.856. The van der Waals surface area contributed by atoms with E-state index in [1.54, 1.807) is 0 Å². The lowest BCUT2D eigenvalue weighted by Gasteiger charge is -2.26. The van der Waals surface area contributed by atoms with Crippen molar-refractivity contribution in [2.45, 2.75) is 85.7 Å². The summed E-state index contributed by atoms with van der Waals surface area (Å²) in [7, 11) is 0. The smallest absolute Gasteiger partial charge is 0.00385 e. The van der Waals surface area contributed by atoms with Crippen molar-refractivity contribution in [3.8, 4) is 0 Å². The fraction of sp³-hybridized carbons (Fsp3) is 1.00. The minimum absolute atomic E-state index is 0.622. The van der Waals surface area contributed by atoms with Gasteiger partial charge in [-0.25, -0.2) is 0 Å². The van der Waals surface area contributed by atoms with E-state index in [0.29, 0.717) is 12.1 Å². The maximum atomic E-state index is 3.49. The molecule has 1 N–H and O–H groups in total. The molecular formula is C17H38N2. The summed E-state index contributed by atoms with van der Waals surface area (Å²) >= 11 is 0. The summed E-state index contributed by atoms with van der Waals surface area (Å²) < 4.78 is 0. The monoisotopic (exact) mass is 270 g/mol. The van der Waals surface area contributed by atoms with Gasteiger partial charge < -0.3 is 10.2 Å². The van der Waals surface area contributed by atoms with Gasteiger partial charge in [0.2, 0.25) is 0 Å². The van der Waals surface area contributed by atoms with E-state index in [1.165, 1.54) is 45.2 Å². The molecule has 0 amide bonds. The van der Waals surface area contributed by atoms with Crippen LogP contribution >= 0.6 is 0 Å². The molecule has 0 saturated carbocycles. The second-order valence-electron chi connectivity index (χ2n) is 6.84. The Balaban J connectivity index is 3.63. The van der Waals surface area contributed by atoms with E-state index in [0.717, 1.165) is 12.5 Å². The van der Waals surface area contributed by atoms with Crippen LogP contribution in [0.2, 0.25) is 0 Å². The first-order chi connectivity index (χ1) is 8.93. The molecule has 0 bridgehead atoms. The van der Waals surface area contributed by atoms with Crippen LogP contribution < -0.4 is 5.32 Å². The minimum atomic E-state index is 0.622. The number of rotatable bonds is 12. The van der Waals surface area contributed by atoms with Gasteiger partial charge in [-0.2, -0.15) is 0 Å². The molecule has 0 spiro atoms. The maximum absolute atomic E-state index is 3.49. The summed E-state index contributed by atoms with van der Waals surface area (Å²) in [4.78, 5) is 2.65. The average Bonchev–Trinajstić information content (AvgIpc) is 2.30. The molecule has 0 aliphatic carbocycles. The topological polar surface area (TPSA) is 15.3 Å². The predicted molar refractivity (Wildman–Crippen MR) is 87.8 cm³/mol. The zero-order chi connectivity index (χ0) is 14.7. The summed E-state index contributed by atoms with van der Waals surface area (Å²) in [5.41, 5.74) is 0. The summed E-state index contributed by atoms with van der Waals surface area (Å²) in [6.45, 7) is 17.4. The second-order valence-corrected chi connectivity index (χ2v) is 6.84. The average molecular weight is 271 g/mol. The predicted octanol–water partition coefficient (Wildman–Crippen LogP) is 4.30. The molecule has 0 rings (SSSR count). The van der Waals surface area contributed by atoms with Crippen molar-refractivity contribution in [3.05, 3.63) is 0 Å². The van der Waals surface area contributed by atoms with E-state index < -0.39 is 0 Å². The molecule has 116 valence electrons. The number of nitrogens with one attached hydrogen (secondary N) is 1. The highest BCUT2D eigenvalue weighted by molar-refractivity contribution is 4.64. The number of unbranched alkanes of at least 4 members (excludes halogenated alkanes) is 2. The largest absolute Gasteiger partial charge is 0.315 e. The number of hydrogen-bond acceptors (Lipinski definition) is 2. The normalized spacial score (nSPS) is 12.3. The molecule has 2 heteroatoms. The van der Waals surface area contributed by atoms with Crippen molar-refractivity contribution in [1.29, 1.82) is 0 Å². The Morgan fingerprint density at radius 3 is 1.84 bits per heavy atom. The zero-order valence-corrected chi connectivity index (χ0v) is 14.3. The standard InChI is InChI=1S/C17H38N2/c1-15(2)11-7-9-13-19(17(5)6)14-10-8-12-18-16(3)4/h15-18H,7-14H2,1-6H3. The van der Waals surface area contributed by atoms with Crippen molar-refractivity contribution in [2.75, 3.05) is 19.6 Å². The van der Waals surface area contributed by atoms with Gasteiger partial charge in [0.1, 0.15) is 0 Å². The Hall–Kier alpha value is -0.0800. The lowest BCUT2D eigenvalue weighted by molar-refractivity contribution is 0.211. The first-order valence-electron chi connectivity index (χ1n) is 8.41. The molecule has 0 atom stereocenters. The van der Waals surface area contributed by atoms with Crippen LogP contribution in [0.5, 0.6) is 0 Å². The van der Waals surface area contributed by atoms with Crippen LogP contribution in [-0.4, -0.2) is 36.6 Å². The first kappa shape index (κ1) is 18.9. The zero-order valence-electron chi connectivity index (χ0n) is 14.3. The molecule has 0 saturated heterocycles. The van der Waals surface area contributed by atoms with Crippen LogP contribution in [0.25, 0.3) is 0 Å².